The van der Waals surface area contributed by atoms with Gasteiger partial charge in [-0.25, -0.2) is 4.98 Å². The number of pyridine rings is 1. The van der Waals surface area contributed by atoms with Gasteiger partial charge >= 0.3 is 0 Å². The molecule has 2 rings (SSSR count). The van der Waals surface area contributed by atoms with Crippen LogP contribution in [-0.4, -0.2) is 15.2 Å². The molecule has 0 bridgehead atoms. The van der Waals surface area contributed by atoms with Gasteiger partial charge in [0, 0.05) is 12.4 Å². The Bertz CT molecular complexity index is 410. The number of hydrogen-bond donors (Lipinski definition) is 1. The Labute approximate surface area is 88.4 Å². The summed E-state index contributed by atoms with van der Waals surface area (Å²) >= 11 is 0. The lowest BCUT2D eigenvalue weighted by Crippen LogP contribution is -2.03. The predicted octanol–water partition coefficient (Wildman–Crippen LogP) is 1.79. The molecule has 0 saturated carbocycles. The lowest BCUT2D eigenvalue weighted by molar-refractivity contribution is 0.920. The van der Waals surface area contributed by atoms with Crippen LogP contribution in [-0.2, 0) is 6.54 Å². The fourth-order valence-electron chi connectivity index (χ4n) is 1.18. The molecular formula is C11H12N4. The molecule has 0 aliphatic heterocycles. The number of aromatic nitrogens is 3. The first kappa shape index (κ1) is 9.58. The van der Waals surface area contributed by atoms with Gasteiger partial charge in [-0.1, -0.05) is 6.07 Å². The molecule has 2 aromatic rings. The van der Waals surface area contributed by atoms with Gasteiger partial charge in [0.05, 0.1) is 12.2 Å². The van der Waals surface area contributed by atoms with Crippen LogP contribution in [0, 0.1) is 6.92 Å². The highest BCUT2D eigenvalue weighted by molar-refractivity contribution is 5.35. The van der Waals surface area contributed by atoms with E-state index in [9.17, 15) is 0 Å². The van der Waals surface area contributed by atoms with E-state index < -0.39 is 0 Å². The number of rotatable bonds is 3. The Morgan fingerprint density at radius 3 is 2.87 bits per heavy atom. The fourth-order valence-corrected chi connectivity index (χ4v) is 1.18. The van der Waals surface area contributed by atoms with E-state index in [0.29, 0.717) is 6.54 Å². The monoisotopic (exact) mass is 200 g/mol. The number of nitrogens with zero attached hydrogens (tertiary/aromatic N) is 3. The van der Waals surface area contributed by atoms with E-state index in [1.807, 2.05) is 37.4 Å². The summed E-state index contributed by atoms with van der Waals surface area (Å²) in [5.41, 5.74) is 2.06. The van der Waals surface area contributed by atoms with Gasteiger partial charge in [-0.2, -0.15) is 10.2 Å². The Morgan fingerprint density at radius 2 is 2.20 bits per heavy atom. The summed E-state index contributed by atoms with van der Waals surface area (Å²) in [4.78, 5) is 4.23. The lowest BCUT2D eigenvalue weighted by atomic mass is 10.3. The average Bonchev–Trinajstić information content (AvgIpc) is 2.30. The van der Waals surface area contributed by atoms with E-state index in [2.05, 4.69) is 20.5 Å². The van der Waals surface area contributed by atoms with Crippen molar-refractivity contribution >= 4 is 5.82 Å². The summed E-state index contributed by atoms with van der Waals surface area (Å²) in [5, 5.41) is 10.9. The zero-order chi connectivity index (χ0) is 10.5. The highest BCUT2D eigenvalue weighted by Crippen LogP contribution is 2.05. The first-order valence-corrected chi connectivity index (χ1v) is 4.78. The summed E-state index contributed by atoms with van der Waals surface area (Å²) in [6.07, 6.45) is 3.49. The first-order valence-electron chi connectivity index (χ1n) is 4.78. The van der Waals surface area contributed by atoms with Gasteiger partial charge in [-0.05, 0) is 30.7 Å². The highest BCUT2D eigenvalue weighted by Gasteiger charge is 1.95. The third-order valence-electron chi connectivity index (χ3n) is 1.99. The van der Waals surface area contributed by atoms with Gasteiger partial charge < -0.3 is 5.32 Å². The van der Waals surface area contributed by atoms with Crippen molar-refractivity contribution in [2.75, 3.05) is 5.32 Å². The Morgan fingerprint density at radius 1 is 1.27 bits per heavy atom. The molecule has 0 aliphatic rings. The highest BCUT2D eigenvalue weighted by atomic mass is 15.1. The zero-order valence-corrected chi connectivity index (χ0v) is 8.51. The molecule has 0 fully saturated rings. The molecule has 76 valence electrons. The maximum atomic E-state index is 4.23. The van der Waals surface area contributed by atoms with Gasteiger partial charge in [-0.3, -0.25) is 0 Å². The maximum absolute atomic E-state index is 4.23. The van der Waals surface area contributed by atoms with Gasteiger partial charge in [0.1, 0.15) is 5.82 Å². The molecule has 0 aromatic carbocycles. The summed E-state index contributed by atoms with van der Waals surface area (Å²) in [6, 6.07) is 7.76. The van der Waals surface area contributed by atoms with Crippen LogP contribution in [0.2, 0.25) is 0 Å². The molecule has 1 N–H and O–H groups in total. The number of hydrogen-bond acceptors (Lipinski definition) is 4. The standard InChI is InChI=1S/C11H12N4/c1-9-4-5-11(12-7-9)13-8-10-3-2-6-14-15-10/h2-7H,8H2,1H3,(H,12,13). The van der Waals surface area contributed by atoms with Crippen LogP contribution in [0.25, 0.3) is 0 Å². The zero-order valence-electron chi connectivity index (χ0n) is 8.51. The Balaban J connectivity index is 1.96. The van der Waals surface area contributed by atoms with E-state index in [0.717, 1.165) is 17.1 Å². The third kappa shape index (κ3) is 2.74. The number of aryl methyl sites for hydroxylation is 1. The van der Waals surface area contributed by atoms with Gasteiger partial charge in [-0.15, -0.1) is 0 Å². The predicted molar refractivity (Wildman–Crippen MR) is 58.3 cm³/mol. The second-order valence-electron chi connectivity index (χ2n) is 3.29. The molecule has 2 heterocycles. The quantitative estimate of drug-likeness (QED) is 0.820. The molecule has 0 unspecified atom stereocenters. The van der Waals surface area contributed by atoms with Crippen LogP contribution in [0.1, 0.15) is 11.3 Å². The van der Waals surface area contributed by atoms with Gasteiger partial charge in [0.15, 0.2) is 0 Å². The second-order valence-corrected chi connectivity index (χ2v) is 3.29. The maximum Gasteiger partial charge on any atom is 0.126 e. The van der Waals surface area contributed by atoms with Crippen molar-refractivity contribution in [3.05, 3.63) is 47.9 Å². The minimum Gasteiger partial charge on any atom is -0.364 e. The van der Waals surface area contributed by atoms with Crippen LogP contribution >= 0.6 is 0 Å². The van der Waals surface area contributed by atoms with Crippen LogP contribution in [0.3, 0.4) is 0 Å². The lowest BCUT2D eigenvalue weighted by Gasteiger charge is -2.03. The van der Waals surface area contributed by atoms with E-state index in [-0.39, 0.29) is 0 Å². The van der Waals surface area contributed by atoms with Gasteiger partial charge in [0.2, 0.25) is 0 Å². The van der Waals surface area contributed by atoms with E-state index in [1.165, 1.54) is 0 Å². The molecule has 0 aliphatic carbocycles. The molecule has 0 saturated heterocycles. The fraction of sp³-hybridized carbons (Fsp3) is 0.182. The van der Waals surface area contributed by atoms with Gasteiger partial charge in [0.25, 0.3) is 0 Å². The molecule has 0 amide bonds. The molecule has 0 radical (unpaired) electrons. The first-order chi connectivity index (χ1) is 7.34. The van der Waals surface area contributed by atoms with Crippen LogP contribution in [0.5, 0.6) is 0 Å². The summed E-state index contributed by atoms with van der Waals surface area (Å²) in [6.45, 7) is 2.66. The van der Waals surface area contributed by atoms with Crippen LogP contribution in [0.15, 0.2) is 36.7 Å². The smallest absolute Gasteiger partial charge is 0.126 e. The van der Waals surface area contributed by atoms with Crippen molar-refractivity contribution in [1.29, 1.82) is 0 Å². The number of nitrogens with one attached hydrogen (secondary N) is 1. The Kier molecular flexibility index (Phi) is 2.88. The molecule has 0 atom stereocenters. The van der Waals surface area contributed by atoms with Crippen molar-refractivity contribution in [3.8, 4) is 0 Å². The minimum atomic E-state index is 0.643. The van der Waals surface area contributed by atoms with Crippen molar-refractivity contribution in [1.82, 2.24) is 15.2 Å². The third-order valence-corrected chi connectivity index (χ3v) is 1.99. The SMILES string of the molecule is Cc1ccc(NCc2cccnn2)nc1. The Hall–Kier alpha value is -1.97. The van der Waals surface area contributed by atoms with Crippen molar-refractivity contribution in [2.45, 2.75) is 13.5 Å². The van der Waals surface area contributed by atoms with E-state index in [4.69, 9.17) is 0 Å². The molecule has 2 aromatic heterocycles. The van der Waals surface area contributed by atoms with Crippen molar-refractivity contribution < 1.29 is 0 Å². The van der Waals surface area contributed by atoms with E-state index >= 15 is 0 Å². The molecule has 15 heavy (non-hydrogen) atoms. The second kappa shape index (κ2) is 4.50. The average molecular weight is 200 g/mol. The minimum absolute atomic E-state index is 0.643. The molecule has 4 nitrogen and oxygen atoms in total. The summed E-state index contributed by atoms with van der Waals surface area (Å²) in [5.74, 6) is 0.853. The normalized spacial score (nSPS) is 9.93. The van der Waals surface area contributed by atoms with Crippen LogP contribution in [0.4, 0.5) is 5.82 Å². The van der Waals surface area contributed by atoms with Crippen LogP contribution < -0.4 is 5.32 Å². The molecular weight excluding hydrogens is 188 g/mol. The van der Waals surface area contributed by atoms with Crippen molar-refractivity contribution in [3.63, 3.8) is 0 Å². The topological polar surface area (TPSA) is 50.7 Å². The molecule has 0 spiro atoms. The summed E-state index contributed by atoms with van der Waals surface area (Å²) < 4.78 is 0. The summed E-state index contributed by atoms with van der Waals surface area (Å²) in [7, 11) is 0. The number of anilines is 1. The van der Waals surface area contributed by atoms with E-state index in [1.54, 1.807) is 6.20 Å². The largest absolute Gasteiger partial charge is 0.364 e. The molecule has 4 heteroatoms. The van der Waals surface area contributed by atoms with Crippen molar-refractivity contribution in [2.24, 2.45) is 0 Å².